The predicted molar refractivity (Wildman–Crippen MR) is 85.0 cm³/mol. The molecule has 1 aromatic rings. The number of anilines is 1. The molecular formula is C16H26N2O3. The highest BCUT2D eigenvalue weighted by atomic mass is 16.5. The smallest absolute Gasteiger partial charge is 0.329 e. The summed E-state index contributed by atoms with van der Waals surface area (Å²) in [6.45, 7) is 6.78. The van der Waals surface area contributed by atoms with Crippen molar-refractivity contribution in [2.75, 3.05) is 38.8 Å². The summed E-state index contributed by atoms with van der Waals surface area (Å²) in [6, 6.07) is 7.75. The molecule has 118 valence electrons. The molecule has 5 heteroatoms. The Labute approximate surface area is 127 Å². The first-order chi connectivity index (χ1) is 9.92. The predicted octanol–water partition coefficient (Wildman–Crippen LogP) is 2.06. The third-order valence-electron chi connectivity index (χ3n) is 3.15. The number of carbonyl (C=O) groups excluding carboxylic acids is 1. The van der Waals surface area contributed by atoms with E-state index in [0.29, 0.717) is 13.2 Å². The molecule has 0 radical (unpaired) electrons. The molecule has 5 nitrogen and oxygen atoms in total. The molecule has 0 aliphatic heterocycles. The van der Waals surface area contributed by atoms with Crippen LogP contribution in [0.25, 0.3) is 0 Å². The Balaban J connectivity index is 2.77. The van der Waals surface area contributed by atoms with Crippen LogP contribution in [0.3, 0.4) is 0 Å². The van der Waals surface area contributed by atoms with Crippen molar-refractivity contribution in [2.45, 2.75) is 26.3 Å². The average Bonchev–Trinajstić information content (AvgIpc) is 2.46. The van der Waals surface area contributed by atoms with Crippen molar-refractivity contribution in [3.8, 4) is 5.75 Å². The number of hydrogen-bond donors (Lipinski definition) is 1. The Morgan fingerprint density at radius 2 is 2.05 bits per heavy atom. The molecule has 0 aliphatic rings. The molecule has 0 aromatic heterocycles. The number of benzene rings is 1. The van der Waals surface area contributed by atoms with E-state index in [-0.39, 0.29) is 12.6 Å². The van der Waals surface area contributed by atoms with Gasteiger partial charge in [0.2, 0.25) is 0 Å². The molecule has 0 heterocycles. The van der Waals surface area contributed by atoms with Gasteiger partial charge in [0.15, 0.2) is 0 Å². The van der Waals surface area contributed by atoms with Crippen LogP contribution in [0.2, 0.25) is 0 Å². The third-order valence-corrected chi connectivity index (χ3v) is 3.15. The number of rotatable bonds is 8. The second-order valence-electron chi connectivity index (χ2n) is 5.26. The van der Waals surface area contributed by atoms with Crippen LogP contribution in [0.15, 0.2) is 24.3 Å². The van der Waals surface area contributed by atoms with Gasteiger partial charge in [0.25, 0.3) is 0 Å². The minimum atomic E-state index is -0.848. The second kappa shape index (κ2) is 7.88. The Morgan fingerprint density at radius 3 is 2.62 bits per heavy atom. The largest absolute Gasteiger partial charge is 0.491 e. The first kappa shape index (κ1) is 17.3. The molecule has 1 rings (SSSR count). The molecule has 1 unspecified atom stereocenters. The molecular weight excluding hydrogens is 268 g/mol. The van der Waals surface area contributed by atoms with Crippen molar-refractivity contribution in [1.82, 2.24) is 5.32 Å². The number of hydrogen-bond acceptors (Lipinski definition) is 5. The fourth-order valence-electron chi connectivity index (χ4n) is 1.94. The average molecular weight is 294 g/mol. The van der Waals surface area contributed by atoms with Gasteiger partial charge in [-0.05, 0) is 32.5 Å². The molecule has 1 N–H and O–H groups in total. The van der Waals surface area contributed by atoms with Gasteiger partial charge in [-0.25, -0.2) is 4.79 Å². The topological polar surface area (TPSA) is 50.8 Å². The summed E-state index contributed by atoms with van der Waals surface area (Å²) in [5.41, 5.74) is 0.201. The normalized spacial score (nSPS) is 13.4. The fourth-order valence-corrected chi connectivity index (χ4v) is 1.94. The summed E-state index contributed by atoms with van der Waals surface area (Å²) in [6.07, 6.45) is 0. The van der Waals surface area contributed by atoms with Gasteiger partial charge in [-0.2, -0.15) is 0 Å². The van der Waals surface area contributed by atoms with Gasteiger partial charge < -0.3 is 14.4 Å². The number of carbonyl (C=O) groups is 1. The zero-order chi connectivity index (χ0) is 15.9. The summed E-state index contributed by atoms with van der Waals surface area (Å²) in [5.74, 6) is 0.435. The van der Waals surface area contributed by atoms with Gasteiger partial charge in [0, 0.05) is 25.8 Å². The van der Waals surface area contributed by atoms with E-state index in [1.54, 1.807) is 13.8 Å². The van der Waals surface area contributed by atoms with Crippen molar-refractivity contribution in [1.29, 1.82) is 0 Å². The van der Waals surface area contributed by atoms with Crippen LogP contribution < -0.4 is 15.0 Å². The van der Waals surface area contributed by atoms with Gasteiger partial charge in [-0.15, -0.1) is 0 Å². The summed E-state index contributed by atoms with van der Waals surface area (Å²) >= 11 is 0. The Kier molecular flexibility index (Phi) is 6.49. The molecule has 0 aliphatic carbocycles. The van der Waals surface area contributed by atoms with Crippen LogP contribution in [0.5, 0.6) is 5.75 Å². The number of esters is 1. The lowest BCUT2D eigenvalue weighted by atomic mass is 10.0. The molecule has 0 fully saturated rings. The van der Waals surface area contributed by atoms with Crippen molar-refractivity contribution in [3.05, 3.63) is 24.3 Å². The van der Waals surface area contributed by atoms with E-state index in [1.807, 2.05) is 50.2 Å². The summed E-state index contributed by atoms with van der Waals surface area (Å²) in [5, 5.41) is 3.14. The lowest BCUT2D eigenvalue weighted by Gasteiger charge is -2.28. The number of ether oxygens (including phenoxy) is 2. The zero-order valence-electron chi connectivity index (χ0n) is 13.6. The fraction of sp³-hybridized carbons (Fsp3) is 0.562. The molecule has 21 heavy (non-hydrogen) atoms. The van der Waals surface area contributed by atoms with Crippen molar-refractivity contribution >= 4 is 11.7 Å². The number of likely N-dealkylation sites (N-methyl/N-ethyl adjacent to an activating group) is 1. The van der Waals surface area contributed by atoms with Crippen LogP contribution >= 0.6 is 0 Å². The lowest BCUT2D eigenvalue weighted by Crippen LogP contribution is -2.54. The van der Waals surface area contributed by atoms with Crippen LogP contribution in [0.1, 0.15) is 20.8 Å². The highest BCUT2D eigenvalue weighted by Crippen LogP contribution is 2.20. The van der Waals surface area contributed by atoms with Crippen LogP contribution in [-0.4, -0.2) is 45.4 Å². The van der Waals surface area contributed by atoms with Gasteiger partial charge in [0.05, 0.1) is 6.61 Å². The van der Waals surface area contributed by atoms with Crippen molar-refractivity contribution < 1.29 is 14.3 Å². The first-order valence-corrected chi connectivity index (χ1v) is 7.25. The SMILES string of the molecule is CCNC(C)(COc1cccc(N(C)C)c1)C(=O)OCC. The molecule has 1 atom stereocenters. The van der Waals surface area contributed by atoms with Gasteiger partial charge >= 0.3 is 5.97 Å². The molecule has 0 amide bonds. The summed E-state index contributed by atoms with van der Waals surface area (Å²) in [4.78, 5) is 14.1. The van der Waals surface area contributed by atoms with Crippen LogP contribution in [-0.2, 0) is 9.53 Å². The molecule has 1 aromatic carbocycles. The third kappa shape index (κ3) is 4.93. The monoisotopic (exact) mass is 294 g/mol. The van der Waals surface area contributed by atoms with Crippen molar-refractivity contribution in [2.24, 2.45) is 0 Å². The minimum absolute atomic E-state index is 0.219. The molecule has 0 saturated heterocycles. The maximum Gasteiger partial charge on any atom is 0.329 e. The number of nitrogens with zero attached hydrogens (tertiary/aromatic N) is 1. The molecule has 0 spiro atoms. The molecule has 0 bridgehead atoms. The Hall–Kier alpha value is -1.75. The second-order valence-corrected chi connectivity index (χ2v) is 5.26. The van der Waals surface area contributed by atoms with Gasteiger partial charge in [0.1, 0.15) is 17.9 Å². The maximum absolute atomic E-state index is 12.1. The standard InChI is InChI=1S/C16H26N2O3/c1-6-17-16(3,15(19)20-7-2)12-21-14-10-8-9-13(11-14)18(4)5/h8-11,17H,6-7,12H2,1-5H3. The highest BCUT2D eigenvalue weighted by Gasteiger charge is 2.35. The van der Waals surface area contributed by atoms with E-state index in [2.05, 4.69) is 5.32 Å². The van der Waals surface area contributed by atoms with E-state index < -0.39 is 5.54 Å². The Morgan fingerprint density at radius 1 is 1.33 bits per heavy atom. The van der Waals surface area contributed by atoms with E-state index in [1.165, 1.54) is 0 Å². The lowest BCUT2D eigenvalue weighted by molar-refractivity contribution is -0.151. The minimum Gasteiger partial charge on any atom is -0.491 e. The maximum atomic E-state index is 12.1. The van der Waals surface area contributed by atoms with Crippen molar-refractivity contribution in [3.63, 3.8) is 0 Å². The first-order valence-electron chi connectivity index (χ1n) is 7.25. The number of nitrogens with one attached hydrogen (secondary N) is 1. The highest BCUT2D eigenvalue weighted by molar-refractivity contribution is 5.80. The van der Waals surface area contributed by atoms with E-state index in [9.17, 15) is 4.79 Å². The van der Waals surface area contributed by atoms with E-state index in [0.717, 1.165) is 11.4 Å². The summed E-state index contributed by atoms with van der Waals surface area (Å²) < 4.78 is 10.9. The van der Waals surface area contributed by atoms with Gasteiger partial charge in [-0.1, -0.05) is 13.0 Å². The van der Waals surface area contributed by atoms with Crippen LogP contribution in [0.4, 0.5) is 5.69 Å². The van der Waals surface area contributed by atoms with E-state index in [4.69, 9.17) is 9.47 Å². The van der Waals surface area contributed by atoms with E-state index >= 15 is 0 Å². The zero-order valence-corrected chi connectivity index (χ0v) is 13.6. The molecule has 0 saturated carbocycles. The summed E-state index contributed by atoms with van der Waals surface area (Å²) in [7, 11) is 3.95. The quantitative estimate of drug-likeness (QED) is 0.744. The Bertz CT molecular complexity index is 463. The van der Waals surface area contributed by atoms with Crippen LogP contribution in [0, 0.1) is 0 Å². The van der Waals surface area contributed by atoms with Gasteiger partial charge in [-0.3, -0.25) is 5.32 Å².